The Labute approximate surface area is 211 Å². The van der Waals surface area contributed by atoms with Gasteiger partial charge in [-0.05, 0) is 50.0 Å². The minimum Gasteiger partial charge on any atom is -0.384 e. The quantitative estimate of drug-likeness (QED) is 0.305. The Hall–Kier alpha value is -4.64. The van der Waals surface area contributed by atoms with E-state index in [9.17, 15) is 4.39 Å². The van der Waals surface area contributed by atoms with Crippen LogP contribution < -0.4 is 5.32 Å². The van der Waals surface area contributed by atoms with Gasteiger partial charge in [0.2, 0.25) is 0 Å². The molecule has 0 unspecified atom stereocenters. The predicted molar refractivity (Wildman–Crippen MR) is 141 cm³/mol. The first-order valence-electron chi connectivity index (χ1n) is 11.8. The zero-order valence-corrected chi connectivity index (χ0v) is 20.6. The van der Waals surface area contributed by atoms with Crippen LogP contribution in [0, 0.1) is 5.82 Å². The summed E-state index contributed by atoms with van der Waals surface area (Å²) in [5, 5.41) is 15.0. The molecule has 6 aromatic rings. The number of aryl methyl sites for hydroxylation is 1. The molecule has 0 fully saturated rings. The Bertz CT molecular complexity index is 1730. The highest BCUT2D eigenvalue weighted by Crippen LogP contribution is 2.32. The summed E-state index contributed by atoms with van der Waals surface area (Å²) >= 11 is 0. The summed E-state index contributed by atoms with van der Waals surface area (Å²) in [5.74, 6) is 0.218. The van der Waals surface area contributed by atoms with E-state index < -0.39 is 0 Å². The number of anilines is 1. The molecule has 0 saturated heterocycles. The molecule has 10 nitrogen and oxygen atoms in total. The fourth-order valence-corrected chi connectivity index (χ4v) is 4.31. The van der Waals surface area contributed by atoms with Crippen LogP contribution in [0.1, 0.15) is 0 Å². The van der Waals surface area contributed by atoms with Crippen molar-refractivity contribution < 1.29 is 4.39 Å². The zero-order valence-electron chi connectivity index (χ0n) is 20.6. The van der Waals surface area contributed by atoms with Crippen LogP contribution in [-0.2, 0) is 7.05 Å². The Morgan fingerprint density at radius 3 is 2.70 bits per heavy atom. The van der Waals surface area contributed by atoms with Crippen molar-refractivity contribution in [3.05, 3.63) is 60.9 Å². The summed E-state index contributed by atoms with van der Waals surface area (Å²) in [5.41, 5.74) is 7.28. The van der Waals surface area contributed by atoms with E-state index in [-0.39, 0.29) is 5.82 Å². The van der Waals surface area contributed by atoms with Crippen LogP contribution in [0.5, 0.6) is 0 Å². The lowest BCUT2D eigenvalue weighted by atomic mass is 10.1. The number of aromatic amines is 2. The molecule has 5 heterocycles. The van der Waals surface area contributed by atoms with Crippen molar-refractivity contribution in [2.24, 2.45) is 7.05 Å². The van der Waals surface area contributed by atoms with Crippen LogP contribution in [0.4, 0.5) is 10.1 Å². The number of fused-ring (bicyclic) bond motifs is 2. The number of aromatic nitrogens is 8. The van der Waals surface area contributed by atoms with E-state index in [2.05, 4.69) is 35.5 Å². The van der Waals surface area contributed by atoms with Gasteiger partial charge in [0.05, 0.1) is 34.6 Å². The normalized spacial score (nSPS) is 11.7. The molecule has 0 radical (unpaired) electrons. The lowest BCUT2D eigenvalue weighted by Gasteiger charge is -2.12. The van der Waals surface area contributed by atoms with Gasteiger partial charge < -0.3 is 15.2 Å². The fraction of sp³-hybridized carbons (Fsp3) is 0.192. The van der Waals surface area contributed by atoms with Crippen LogP contribution in [0.2, 0.25) is 0 Å². The standard InChI is InChI=1S/C26H25FN10/c1-36(2)7-6-29-18-9-15(8-17(27)10-18)19-12-28-13-22-23(19)33-26(32-22)25-24-21(34-35-25)5-4-20(31-24)16-11-30-37(3)14-16/h4-5,8-14,29H,6-7H2,1-3H3,(H,32,33)(H,34,35). The second-order valence-electron chi connectivity index (χ2n) is 9.19. The number of nitrogens with zero attached hydrogens (tertiary/aromatic N) is 7. The van der Waals surface area contributed by atoms with Crippen LogP contribution in [-0.4, -0.2) is 72.0 Å². The number of hydrogen-bond donors (Lipinski definition) is 3. The van der Waals surface area contributed by atoms with Gasteiger partial charge in [-0.1, -0.05) is 0 Å². The van der Waals surface area contributed by atoms with Crippen molar-refractivity contribution in [1.29, 1.82) is 0 Å². The molecule has 0 amide bonds. The van der Waals surface area contributed by atoms with Gasteiger partial charge in [0.1, 0.15) is 11.3 Å². The van der Waals surface area contributed by atoms with Crippen LogP contribution in [0.3, 0.4) is 0 Å². The first kappa shape index (κ1) is 22.8. The third-order valence-corrected chi connectivity index (χ3v) is 6.12. The van der Waals surface area contributed by atoms with E-state index in [1.165, 1.54) is 12.1 Å². The lowest BCUT2D eigenvalue weighted by molar-refractivity contribution is 0.425. The van der Waals surface area contributed by atoms with Gasteiger partial charge in [0, 0.05) is 49.3 Å². The fourth-order valence-electron chi connectivity index (χ4n) is 4.31. The van der Waals surface area contributed by atoms with Crippen molar-refractivity contribution in [2.45, 2.75) is 0 Å². The second kappa shape index (κ2) is 9.10. The number of pyridine rings is 2. The second-order valence-corrected chi connectivity index (χ2v) is 9.19. The monoisotopic (exact) mass is 496 g/mol. The Morgan fingerprint density at radius 1 is 1.00 bits per heavy atom. The number of halogens is 1. The van der Waals surface area contributed by atoms with Gasteiger partial charge in [-0.15, -0.1) is 0 Å². The number of imidazole rings is 1. The minimum absolute atomic E-state index is 0.331. The molecule has 0 atom stereocenters. The molecule has 0 aliphatic carbocycles. The molecule has 3 N–H and O–H groups in total. The number of rotatable bonds is 7. The van der Waals surface area contributed by atoms with Crippen LogP contribution in [0.25, 0.3) is 56.0 Å². The number of nitrogens with one attached hydrogen (secondary N) is 3. The summed E-state index contributed by atoms with van der Waals surface area (Å²) in [4.78, 5) is 19.4. The largest absolute Gasteiger partial charge is 0.384 e. The highest BCUT2D eigenvalue weighted by molar-refractivity contribution is 5.96. The molecule has 5 aromatic heterocycles. The Kier molecular flexibility index (Phi) is 5.61. The summed E-state index contributed by atoms with van der Waals surface area (Å²) in [6.45, 7) is 1.53. The van der Waals surface area contributed by atoms with Crippen molar-refractivity contribution in [2.75, 3.05) is 32.5 Å². The number of likely N-dealkylation sites (N-methyl/N-ethyl adjacent to an activating group) is 1. The Balaban J connectivity index is 1.40. The third-order valence-electron chi connectivity index (χ3n) is 6.12. The molecule has 1 aromatic carbocycles. The zero-order chi connectivity index (χ0) is 25.5. The number of hydrogen-bond acceptors (Lipinski definition) is 7. The maximum Gasteiger partial charge on any atom is 0.161 e. The summed E-state index contributed by atoms with van der Waals surface area (Å²) in [6, 6.07) is 8.76. The molecular weight excluding hydrogens is 471 g/mol. The van der Waals surface area contributed by atoms with Gasteiger partial charge >= 0.3 is 0 Å². The van der Waals surface area contributed by atoms with Crippen molar-refractivity contribution in [3.63, 3.8) is 0 Å². The first-order valence-corrected chi connectivity index (χ1v) is 11.8. The average Bonchev–Trinajstić information content (AvgIpc) is 3.60. The minimum atomic E-state index is -0.331. The highest BCUT2D eigenvalue weighted by Gasteiger charge is 2.18. The lowest BCUT2D eigenvalue weighted by Crippen LogP contribution is -2.20. The maximum atomic E-state index is 14.6. The molecule has 0 spiro atoms. The average molecular weight is 497 g/mol. The van der Waals surface area contributed by atoms with Crippen molar-refractivity contribution >= 4 is 27.8 Å². The van der Waals surface area contributed by atoms with E-state index in [1.54, 1.807) is 23.3 Å². The molecular formula is C26H25FN10. The number of H-pyrrole nitrogens is 2. The first-order chi connectivity index (χ1) is 17.9. The van der Waals surface area contributed by atoms with E-state index in [0.29, 0.717) is 40.3 Å². The molecule has 11 heteroatoms. The van der Waals surface area contributed by atoms with Crippen LogP contribution >= 0.6 is 0 Å². The topological polar surface area (TPSA) is 116 Å². The highest BCUT2D eigenvalue weighted by atomic mass is 19.1. The SMILES string of the molecule is CN(C)CCNc1cc(F)cc(-c2cncc3[nH]c(-c4n[nH]c5ccc(-c6cnn(C)c6)nc45)nc23)c1. The molecule has 37 heavy (non-hydrogen) atoms. The van der Waals surface area contributed by atoms with Gasteiger partial charge in [0.25, 0.3) is 0 Å². The van der Waals surface area contributed by atoms with Gasteiger partial charge in [-0.3, -0.25) is 14.8 Å². The Morgan fingerprint density at radius 2 is 1.89 bits per heavy atom. The molecule has 0 aliphatic rings. The smallest absolute Gasteiger partial charge is 0.161 e. The van der Waals surface area contributed by atoms with Gasteiger partial charge in [0.15, 0.2) is 11.5 Å². The molecule has 6 rings (SSSR count). The summed E-state index contributed by atoms with van der Waals surface area (Å²) < 4.78 is 16.3. The summed E-state index contributed by atoms with van der Waals surface area (Å²) in [7, 11) is 5.86. The van der Waals surface area contributed by atoms with Crippen molar-refractivity contribution in [1.82, 2.24) is 44.8 Å². The van der Waals surface area contributed by atoms with E-state index in [1.807, 2.05) is 45.5 Å². The maximum absolute atomic E-state index is 14.6. The molecule has 186 valence electrons. The molecule has 0 saturated carbocycles. The van der Waals surface area contributed by atoms with Gasteiger partial charge in [-0.2, -0.15) is 10.2 Å². The number of benzene rings is 1. The van der Waals surface area contributed by atoms with Gasteiger partial charge in [-0.25, -0.2) is 14.4 Å². The van der Waals surface area contributed by atoms with Crippen LogP contribution in [0.15, 0.2) is 55.1 Å². The van der Waals surface area contributed by atoms with E-state index >= 15 is 0 Å². The predicted octanol–water partition coefficient (Wildman–Crippen LogP) is 4.08. The van der Waals surface area contributed by atoms with E-state index in [0.717, 1.165) is 34.4 Å². The molecule has 0 bridgehead atoms. The molecule has 0 aliphatic heterocycles. The third kappa shape index (κ3) is 4.40. The van der Waals surface area contributed by atoms with E-state index in [4.69, 9.17) is 9.97 Å². The van der Waals surface area contributed by atoms with Crippen molar-refractivity contribution in [3.8, 4) is 33.9 Å². The summed E-state index contributed by atoms with van der Waals surface area (Å²) in [6.07, 6.45) is 7.09.